The second-order valence-electron chi connectivity index (χ2n) is 29.3. The summed E-state index contributed by atoms with van der Waals surface area (Å²) in [4.78, 5) is 139. The van der Waals surface area contributed by atoms with Crippen molar-refractivity contribution in [1.29, 1.82) is 0 Å². The topological polar surface area (TPSA) is 727 Å². The molecule has 9 aromatic rings. The number of hydrogen-bond acceptors (Lipinski definition) is 42. The monoisotopic (exact) mass is 2170 g/mol. The van der Waals surface area contributed by atoms with Gasteiger partial charge < -0.3 is 61.3 Å². The predicted octanol–water partition coefficient (Wildman–Crippen LogP) is 1.76. The Bertz CT molecular complexity index is 7550. The summed E-state index contributed by atoms with van der Waals surface area (Å²) in [6.07, 6.45) is -0.756. The van der Waals surface area contributed by atoms with Crippen molar-refractivity contribution in [3.8, 4) is 17.2 Å². The molecule has 9 aromatic carbocycles. The number of carbonyl (C=O) groups excluding carboxylic acids is 12. The highest BCUT2D eigenvalue weighted by atomic mass is 32.2. The van der Waals surface area contributed by atoms with Crippen molar-refractivity contribution in [1.82, 2.24) is 30.4 Å². The van der Waals surface area contributed by atoms with Crippen LogP contribution in [0.1, 0.15) is 150 Å². The summed E-state index contributed by atoms with van der Waals surface area (Å²) in [5.74, 6) is -44.7. The summed E-state index contributed by atoms with van der Waals surface area (Å²) in [5.41, 5.74) is 0.904. The maximum atomic E-state index is 13.8. The molecule has 6 aliphatic heterocycles. The lowest BCUT2D eigenvalue weighted by atomic mass is 10.1. The maximum absolute atomic E-state index is 13.8. The van der Waals surface area contributed by atoms with Gasteiger partial charge in [0.25, 0.3) is 97.0 Å². The molecular formula is C81H62F10N6O42S6. The summed E-state index contributed by atoms with van der Waals surface area (Å²) in [6.45, 7) is -5.12. The summed E-state index contributed by atoms with van der Waals surface area (Å²) in [5, 5.41) is 106. The number of phenolic OH excluding ortho intramolecular Hbond substituents is 3. The first-order valence-electron chi connectivity index (χ1n) is 39.1. The molecule has 1 fully saturated rings. The van der Waals surface area contributed by atoms with E-state index in [2.05, 4.69) is 21.4 Å². The van der Waals surface area contributed by atoms with Crippen LogP contribution in [-0.4, -0.2) is 250 Å². The van der Waals surface area contributed by atoms with Gasteiger partial charge in [0.2, 0.25) is 23.3 Å². The number of amides is 12. The van der Waals surface area contributed by atoms with Crippen LogP contribution in [0.2, 0.25) is 0 Å². The molecule has 1 saturated heterocycles. The number of hydroxylamine groups is 12. The maximum Gasteiger partial charge on any atom is 0.324 e. The number of aliphatic hydroxyl groups excluding tert-OH is 9. The molecule has 12 amide bonds. The average molecular weight is 2170 g/mol. The van der Waals surface area contributed by atoms with E-state index < -0.39 is 262 Å². The van der Waals surface area contributed by atoms with Crippen molar-refractivity contribution in [2.24, 2.45) is 5.92 Å². The van der Waals surface area contributed by atoms with Crippen LogP contribution in [0.5, 0.6) is 17.2 Å². The first-order valence-corrected chi connectivity index (χ1v) is 47.9. The summed E-state index contributed by atoms with van der Waals surface area (Å²) in [7, 11) is -29.6. The number of fused-ring (bicyclic) bond motifs is 5. The Hall–Kier alpha value is -14.4. The number of aliphatic hydroxyl groups is 9. The molecule has 774 valence electrons. The van der Waals surface area contributed by atoms with Gasteiger partial charge in [-0.2, -0.15) is 68.1 Å². The van der Waals surface area contributed by atoms with Crippen LogP contribution in [0.25, 0.3) is 0 Å². The fraction of sp³-hybridized carbons (Fsp3) is 0.185. The molecule has 0 aromatic heterocycles. The molecule has 0 spiro atoms. The van der Waals surface area contributed by atoms with Gasteiger partial charge in [0.15, 0.2) is 44.6 Å². The quantitative estimate of drug-likeness (QED) is 0.0180. The highest BCUT2D eigenvalue weighted by Gasteiger charge is 2.50. The van der Waals surface area contributed by atoms with E-state index in [0.29, 0.717) is 27.8 Å². The third kappa shape index (κ3) is 24.0. The van der Waals surface area contributed by atoms with Gasteiger partial charge >= 0.3 is 40.5 Å². The molecule has 6 heterocycles. The zero-order valence-corrected chi connectivity index (χ0v) is 76.5. The SMILES string of the molecule is O=C1CC(CCO)C(=O)N1OS(=O)(=O)c1c(F)c(F)c(O)c(F)c1F.O=C1c2ccc(CO)cc2C(=O)N1OS(=O)(=O)CC(F)(F)CO.O=C1c2ccc(CO)cc2C(=O)N1OS(=O)(=O)CCO.O=C1c2ccc(CO)cc2C(=O)N1OS(=O)(=O)c1c(F)c(F)c(O)c(F)c1F.O=C1c2ccc(CO)cc2C(=O)N1OS(=O)(=O)c1ccc(CO)cc1.O=C1c2ccc(CO)cc2C(=O)N1OS(=O)(=O)c1ccc(O)cc1. The van der Waals surface area contributed by atoms with Gasteiger partial charge in [-0.15, -0.1) is 56.1 Å². The Labute approximate surface area is 804 Å². The average Bonchev–Trinajstić information content (AvgIpc) is 1.13. The molecule has 1 atom stereocenters. The van der Waals surface area contributed by atoms with E-state index in [0.717, 1.165) is 42.5 Å². The molecule has 145 heavy (non-hydrogen) atoms. The zero-order valence-electron chi connectivity index (χ0n) is 71.6. The van der Waals surface area contributed by atoms with E-state index in [1.165, 1.54) is 97.1 Å². The van der Waals surface area contributed by atoms with Crippen molar-refractivity contribution in [2.45, 2.75) is 78.0 Å². The predicted molar refractivity (Wildman–Crippen MR) is 444 cm³/mol. The molecule has 0 bridgehead atoms. The number of aromatic hydroxyl groups is 3. The number of alkyl halides is 2. The zero-order chi connectivity index (χ0) is 108. The number of imide groups is 6. The Morgan fingerprint density at radius 3 is 0.814 bits per heavy atom. The molecule has 12 N–H and O–H groups in total. The van der Waals surface area contributed by atoms with Crippen LogP contribution in [-0.2, 0) is 136 Å². The van der Waals surface area contributed by atoms with Gasteiger partial charge in [-0.05, 0) is 137 Å². The number of carbonyl (C=O) groups is 12. The smallest absolute Gasteiger partial charge is 0.324 e. The van der Waals surface area contributed by atoms with Gasteiger partial charge in [-0.1, -0.05) is 42.5 Å². The fourth-order valence-electron chi connectivity index (χ4n) is 12.6. The highest BCUT2D eigenvalue weighted by Crippen LogP contribution is 2.39. The fourth-order valence-corrected chi connectivity index (χ4v) is 18.1. The van der Waals surface area contributed by atoms with Crippen molar-refractivity contribution in [2.75, 3.05) is 31.3 Å². The summed E-state index contributed by atoms with van der Waals surface area (Å²) < 4.78 is 303. The van der Waals surface area contributed by atoms with E-state index >= 15 is 0 Å². The molecule has 0 radical (unpaired) electrons. The second kappa shape index (κ2) is 44.5. The highest BCUT2D eigenvalue weighted by molar-refractivity contribution is 7.88. The Balaban J connectivity index is 0.000000179. The van der Waals surface area contributed by atoms with Crippen molar-refractivity contribution >= 4 is 132 Å². The molecule has 6 aliphatic rings. The number of benzene rings is 9. The summed E-state index contributed by atoms with van der Waals surface area (Å²) >= 11 is 0. The van der Waals surface area contributed by atoms with Crippen molar-refractivity contribution in [3.05, 3.63) is 275 Å². The van der Waals surface area contributed by atoms with E-state index in [1.807, 2.05) is 0 Å². The van der Waals surface area contributed by atoms with Crippen LogP contribution < -0.4 is 0 Å². The molecule has 0 saturated carbocycles. The number of nitrogens with zero attached hydrogens (tertiary/aromatic N) is 6. The van der Waals surface area contributed by atoms with Gasteiger partial charge in [-0.3, -0.25) is 57.5 Å². The van der Waals surface area contributed by atoms with E-state index in [9.17, 15) is 157 Å². The number of hydrogen-bond donors (Lipinski definition) is 12. The lowest BCUT2D eigenvalue weighted by Gasteiger charge is -2.16. The van der Waals surface area contributed by atoms with Gasteiger partial charge in [0, 0.05) is 13.0 Å². The summed E-state index contributed by atoms with van der Waals surface area (Å²) in [6, 6.07) is 28.8. The molecule has 1 unspecified atom stereocenters. The van der Waals surface area contributed by atoms with Gasteiger partial charge in [0.1, 0.15) is 23.9 Å². The van der Waals surface area contributed by atoms with Crippen LogP contribution >= 0.6 is 0 Å². The molecular weight excluding hydrogens is 2110 g/mol. The number of halogens is 10. The molecule has 64 heteroatoms. The lowest BCUT2D eigenvalue weighted by Crippen LogP contribution is -2.38. The number of phenols is 3. The number of rotatable bonds is 29. The largest absolute Gasteiger partial charge is 0.508 e. The third-order valence-electron chi connectivity index (χ3n) is 19.6. The second-order valence-corrected chi connectivity index (χ2v) is 38.5. The van der Waals surface area contributed by atoms with Crippen LogP contribution in [0.15, 0.2) is 159 Å². The first-order chi connectivity index (χ1) is 67.7. The lowest BCUT2D eigenvalue weighted by molar-refractivity contribution is -0.165. The molecule has 15 rings (SSSR count). The first kappa shape index (κ1) is 113. The van der Waals surface area contributed by atoms with Crippen molar-refractivity contribution < 1.29 is 239 Å². The molecule has 48 nitrogen and oxygen atoms in total. The Morgan fingerprint density at radius 1 is 0.297 bits per heavy atom. The normalized spacial score (nSPS) is 15.1. The van der Waals surface area contributed by atoms with Crippen LogP contribution in [0.4, 0.5) is 43.9 Å². The van der Waals surface area contributed by atoms with E-state index in [-0.39, 0.29) is 140 Å². The van der Waals surface area contributed by atoms with E-state index in [4.69, 9.17) is 60.5 Å². The molecule has 0 aliphatic carbocycles. The third-order valence-corrected chi connectivity index (χ3v) is 26.6. The van der Waals surface area contributed by atoms with Gasteiger partial charge in [-0.25, -0.2) is 26.3 Å². The van der Waals surface area contributed by atoms with E-state index in [1.54, 1.807) is 0 Å². The van der Waals surface area contributed by atoms with Crippen LogP contribution in [0, 0.1) is 52.5 Å². The minimum absolute atomic E-state index is 0.00646. The minimum Gasteiger partial charge on any atom is -0.508 e. The van der Waals surface area contributed by atoms with Crippen LogP contribution in [0.3, 0.4) is 0 Å². The van der Waals surface area contributed by atoms with Gasteiger partial charge in [0.05, 0.1) is 118 Å². The Morgan fingerprint density at radius 2 is 0.545 bits per heavy atom. The van der Waals surface area contributed by atoms with Crippen molar-refractivity contribution in [3.63, 3.8) is 0 Å². The minimum atomic E-state index is -5.77. The standard InChI is InChI=1S/C16H13NO7S.C15H7F4NO7S.C15H11NO7S.C12H9F4NO7S.C12H11F2NO7S.C11H11NO7S/c18-8-10-1-4-12(5-2-10)25(22,23)24-17-15(20)13-6-3-11(9-19)7-14(13)16(17)21;16-8-10(18)13(11(19)9(17)12(8)22)28(25,26)27-20-14(23)6-2-1-5(4-21)3-7(6)15(20)24;17-8-9-1-6-12-13(7-9)15(20)16(14(12)19)23-24(21,22)11-4-2-10(18)3-5-11;13-6-8(15)11(9(16)7(14)10(6)20)25(22,23)24-17-5(19)3-4(1-2-18)12(17)21;13-12(14,5-17)6-23(20,21)22-15-10(18)8-2-1-7(4-16)3-9(8)11(15)19;13-3-4-20(17,18)19-12-10(15)8-2-1-7(6-14)5-9(8)11(12)16/h1-7,18-19H,8-9H2;1-3,21-22H,4H2;1-7,17-18H,8H2;4,18,20H,1-3H2;1-3,16-17H,4-6H2;1-2,5,13-14H,3-4,6H2. The Kier molecular flexibility index (Phi) is 34.5.